The number of benzene rings is 1. The number of sulfonamides is 1. The molecule has 6 nitrogen and oxygen atoms in total. The van der Waals surface area contributed by atoms with Crippen LogP contribution in [-0.4, -0.2) is 33.3 Å². The van der Waals surface area contributed by atoms with E-state index in [0.717, 1.165) is 18.2 Å². The zero-order valence-corrected chi connectivity index (χ0v) is 14.9. The van der Waals surface area contributed by atoms with E-state index in [1.165, 1.54) is 0 Å². The smallest absolute Gasteiger partial charge is 0.249 e. The maximum absolute atomic E-state index is 11.9. The molecule has 0 aliphatic rings. The zero-order chi connectivity index (χ0) is 17.5. The third-order valence-electron chi connectivity index (χ3n) is 3.16. The maximum atomic E-state index is 11.9. The van der Waals surface area contributed by atoms with Crippen molar-refractivity contribution in [2.75, 3.05) is 17.6 Å². The highest BCUT2D eigenvalue weighted by molar-refractivity contribution is 7.92. The molecule has 0 aliphatic carbocycles. The van der Waals surface area contributed by atoms with Gasteiger partial charge in [0, 0.05) is 18.8 Å². The predicted octanol–water partition coefficient (Wildman–Crippen LogP) is 2.13. The highest BCUT2D eigenvalue weighted by atomic mass is 32.2. The summed E-state index contributed by atoms with van der Waals surface area (Å²) in [5.74, 6) is 0.386. The lowest BCUT2D eigenvalue weighted by Crippen LogP contribution is -2.34. The molecule has 0 spiro atoms. The largest absolute Gasteiger partial charge is 0.369 e. The topological polar surface area (TPSA) is 84.5 Å². The first-order chi connectivity index (χ1) is 10.7. The molecule has 0 unspecified atom stereocenters. The van der Waals surface area contributed by atoms with Gasteiger partial charge in [0.2, 0.25) is 15.9 Å². The van der Waals surface area contributed by atoms with Crippen LogP contribution in [0, 0.1) is 5.92 Å². The number of carbonyl (C=O) groups is 1. The Balaban J connectivity index is 2.40. The lowest BCUT2D eigenvalue weighted by Gasteiger charge is -2.14. The van der Waals surface area contributed by atoms with Gasteiger partial charge in [-0.3, -0.25) is 9.52 Å². The molecule has 0 saturated carbocycles. The highest BCUT2D eigenvalue weighted by Crippen LogP contribution is 2.11. The lowest BCUT2D eigenvalue weighted by atomic mass is 10.1. The van der Waals surface area contributed by atoms with Crippen molar-refractivity contribution in [3.05, 3.63) is 29.8 Å². The Morgan fingerprint density at radius 2 is 1.78 bits per heavy atom. The van der Waals surface area contributed by atoms with Crippen molar-refractivity contribution in [1.82, 2.24) is 5.32 Å². The first-order valence-electron chi connectivity index (χ1n) is 7.63. The number of rotatable bonds is 9. The van der Waals surface area contributed by atoms with Gasteiger partial charge in [-0.1, -0.05) is 26.0 Å². The molecule has 0 radical (unpaired) electrons. The Labute approximate surface area is 138 Å². The van der Waals surface area contributed by atoms with Gasteiger partial charge in [-0.05, 0) is 37.0 Å². The van der Waals surface area contributed by atoms with Gasteiger partial charge in [-0.2, -0.15) is 0 Å². The summed E-state index contributed by atoms with van der Waals surface area (Å²) in [6, 6.07) is 6.84. The van der Waals surface area contributed by atoms with Crippen LogP contribution in [0.1, 0.15) is 32.8 Å². The number of ether oxygens (including phenoxy) is 1. The number of hydrogen-bond donors (Lipinski definition) is 2. The predicted molar refractivity (Wildman–Crippen MR) is 91.6 cm³/mol. The molecule has 1 aromatic carbocycles. The summed E-state index contributed by atoms with van der Waals surface area (Å²) in [6.07, 6.45) is 1.54. The van der Waals surface area contributed by atoms with E-state index in [2.05, 4.69) is 23.9 Å². The Hall–Kier alpha value is -1.60. The fourth-order valence-electron chi connectivity index (χ4n) is 1.79. The van der Waals surface area contributed by atoms with Crippen LogP contribution >= 0.6 is 0 Å². The maximum Gasteiger partial charge on any atom is 0.249 e. The summed E-state index contributed by atoms with van der Waals surface area (Å²) in [6.45, 7) is 6.88. The zero-order valence-electron chi connectivity index (χ0n) is 14.1. The number of anilines is 1. The Kier molecular flexibility index (Phi) is 7.51. The van der Waals surface area contributed by atoms with Gasteiger partial charge in [0.15, 0.2) is 0 Å². The standard InChI is InChI=1S/C16H26N2O4S/c1-12(2)9-10-22-13(3)16(19)17-11-14-5-7-15(8-6-14)18-23(4,20)21/h5-8,12-13,18H,9-11H2,1-4H3,(H,17,19)/t13-/m0/s1. The van der Waals surface area contributed by atoms with Crippen LogP contribution in [0.15, 0.2) is 24.3 Å². The average molecular weight is 342 g/mol. The Bertz CT molecular complexity index is 597. The lowest BCUT2D eigenvalue weighted by molar-refractivity contribution is -0.132. The monoisotopic (exact) mass is 342 g/mol. The fraction of sp³-hybridized carbons (Fsp3) is 0.562. The van der Waals surface area contributed by atoms with Crippen LogP contribution in [0.4, 0.5) is 5.69 Å². The summed E-state index contributed by atoms with van der Waals surface area (Å²) in [7, 11) is -3.28. The number of carbonyl (C=O) groups excluding carboxylic acids is 1. The van der Waals surface area contributed by atoms with E-state index >= 15 is 0 Å². The molecule has 1 rings (SSSR count). The van der Waals surface area contributed by atoms with E-state index in [4.69, 9.17) is 4.74 Å². The van der Waals surface area contributed by atoms with Gasteiger partial charge >= 0.3 is 0 Å². The van der Waals surface area contributed by atoms with E-state index in [1.807, 2.05) is 0 Å². The molecule has 0 bridgehead atoms. The van der Waals surface area contributed by atoms with E-state index in [9.17, 15) is 13.2 Å². The summed E-state index contributed by atoms with van der Waals surface area (Å²) < 4.78 is 30.1. The van der Waals surface area contributed by atoms with E-state index in [0.29, 0.717) is 24.8 Å². The van der Waals surface area contributed by atoms with Gasteiger partial charge < -0.3 is 10.1 Å². The minimum absolute atomic E-state index is 0.160. The fourth-order valence-corrected chi connectivity index (χ4v) is 2.36. The van der Waals surface area contributed by atoms with Crippen LogP contribution in [0.2, 0.25) is 0 Å². The summed E-state index contributed by atoms with van der Waals surface area (Å²) >= 11 is 0. The first kappa shape index (κ1) is 19.4. The average Bonchev–Trinajstić information content (AvgIpc) is 2.44. The third kappa shape index (κ3) is 8.56. The Morgan fingerprint density at radius 1 is 1.17 bits per heavy atom. The molecule has 7 heteroatoms. The SMILES string of the molecule is CC(C)CCO[C@@H](C)C(=O)NCc1ccc(NS(C)(=O)=O)cc1. The summed E-state index contributed by atoms with van der Waals surface area (Å²) in [5, 5.41) is 2.80. The minimum Gasteiger partial charge on any atom is -0.369 e. The number of amides is 1. The van der Waals surface area contributed by atoms with Gasteiger partial charge in [-0.15, -0.1) is 0 Å². The van der Waals surface area contributed by atoms with Crippen LogP contribution in [0.5, 0.6) is 0 Å². The molecular formula is C16H26N2O4S. The third-order valence-corrected chi connectivity index (χ3v) is 3.76. The van der Waals surface area contributed by atoms with Crippen LogP contribution in [0.25, 0.3) is 0 Å². The molecule has 1 atom stereocenters. The van der Waals surface area contributed by atoms with E-state index in [1.54, 1.807) is 31.2 Å². The van der Waals surface area contributed by atoms with Gasteiger partial charge in [0.1, 0.15) is 6.10 Å². The van der Waals surface area contributed by atoms with Gasteiger partial charge in [-0.25, -0.2) is 8.42 Å². The molecule has 0 saturated heterocycles. The van der Waals surface area contributed by atoms with Crippen molar-refractivity contribution in [3.63, 3.8) is 0 Å². The highest BCUT2D eigenvalue weighted by Gasteiger charge is 2.13. The van der Waals surface area contributed by atoms with Gasteiger partial charge in [0.25, 0.3) is 0 Å². The van der Waals surface area contributed by atoms with Crippen molar-refractivity contribution in [2.45, 2.75) is 39.8 Å². The molecule has 23 heavy (non-hydrogen) atoms. The first-order valence-corrected chi connectivity index (χ1v) is 9.52. The van der Waals surface area contributed by atoms with Crippen LogP contribution in [-0.2, 0) is 26.1 Å². The van der Waals surface area contributed by atoms with Crippen LogP contribution in [0.3, 0.4) is 0 Å². The van der Waals surface area contributed by atoms with Crippen molar-refractivity contribution < 1.29 is 17.9 Å². The Morgan fingerprint density at radius 3 is 2.30 bits per heavy atom. The molecule has 130 valence electrons. The molecule has 0 aromatic heterocycles. The molecule has 0 fully saturated rings. The van der Waals surface area contributed by atoms with Gasteiger partial charge in [0.05, 0.1) is 6.26 Å². The van der Waals surface area contributed by atoms with Crippen molar-refractivity contribution in [2.24, 2.45) is 5.92 Å². The van der Waals surface area contributed by atoms with E-state index in [-0.39, 0.29) is 5.91 Å². The second-order valence-corrected chi connectivity index (χ2v) is 7.73. The molecule has 0 heterocycles. The normalized spacial score (nSPS) is 12.9. The molecular weight excluding hydrogens is 316 g/mol. The minimum atomic E-state index is -3.28. The molecule has 0 aliphatic heterocycles. The van der Waals surface area contributed by atoms with Crippen molar-refractivity contribution in [3.8, 4) is 0 Å². The number of nitrogens with one attached hydrogen (secondary N) is 2. The summed E-state index contributed by atoms with van der Waals surface area (Å²) in [5.41, 5.74) is 1.37. The van der Waals surface area contributed by atoms with E-state index < -0.39 is 16.1 Å². The quantitative estimate of drug-likeness (QED) is 0.720. The second kappa shape index (κ2) is 8.88. The molecule has 1 aromatic rings. The van der Waals surface area contributed by atoms with Crippen molar-refractivity contribution >= 4 is 21.6 Å². The number of hydrogen-bond acceptors (Lipinski definition) is 4. The van der Waals surface area contributed by atoms with Crippen molar-refractivity contribution in [1.29, 1.82) is 0 Å². The molecule has 1 amide bonds. The molecule has 2 N–H and O–H groups in total. The second-order valence-electron chi connectivity index (χ2n) is 5.98. The summed E-state index contributed by atoms with van der Waals surface area (Å²) in [4.78, 5) is 11.9. The van der Waals surface area contributed by atoms with Crippen LogP contribution < -0.4 is 10.0 Å².